The monoisotopic (exact) mass is 663 g/mol. The van der Waals surface area contributed by atoms with E-state index in [0.717, 1.165) is 60.5 Å². The van der Waals surface area contributed by atoms with Crippen LogP contribution in [0.25, 0.3) is 99.9 Å². The van der Waals surface area contributed by atoms with Gasteiger partial charge in [0.15, 0.2) is 17.5 Å². The van der Waals surface area contributed by atoms with Crippen molar-refractivity contribution in [3.63, 3.8) is 0 Å². The maximum absolute atomic E-state index is 5.05. The van der Waals surface area contributed by atoms with Gasteiger partial charge in [0.25, 0.3) is 0 Å². The first-order chi connectivity index (χ1) is 25.7. The van der Waals surface area contributed by atoms with Gasteiger partial charge in [-0.1, -0.05) is 146 Å². The molecule has 5 heteroatoms. The average molecular weight is 664 g/mol. The van der Waals surface area contributed by atoms with Gasteiger partial charge in [0, 0.05) is 39.0 Å². The molecule has 0 spiro atoms. The maximum Gasteiger partial charge on any atom is 0.164 e. The highest BCUT2D eigenvalue weighted by Crippen LogP contribution is 2.38. The number of nitrogens with zero attached hydrogens (tertiary/aromatic N) is 5. The second kappa shape index (κ2) is 12.3. The van der Waals surface area contributed by atoms with Crippen LogP contribution in [0.15, 0.2) is 176 Å². The molecule has 7 aromatic carbocycles. The largest absolute Gasteiger partial charge is 0.254 e. The molecule has 0 radical (unpaired) electrons. The molecular weight excluding hydrogens is 635 g/mol. The zero-order chi connectivity index (χ0) is 34.4. The molecule has 0 bridgehead atoms. The number of benzene rings is 7. The molecule has 0 atom stereocenters. The first kappa shape index (κ1) is 29.8. The third kappa shape index (κ3) is 5.24. The predicted molar refractivity (Wildman–Crippen MR) is 213 cm³/mol. The summed E-state index contributed by atoms with van der Waals surface area (Å²) in [6.45, 7) is 0. The van der Waals surface area contributed by atoms with Crippen molar-refractivity contribution in [2.24, 2.45) is 0 Å². The summed E-state index contributed by atoms with van der Waals surface area (Å²) in [6.07, 6.45) is 1.83. The van der Waals surface area contributed by atoms with Crippen molar-refractivity contribution in [1.82, 2.24) is 24.9 Å². The Morgan fingerprint density at radius 1 is 0.308 bits per heavy atom. The molecule has 0 unspecified atom stereocenters. The van der Waals surface area contributed by atoms with E-state index >= 15 is 0 Å². The highest BCUT2D eigenvalue weighted by molar-refractivity contribution is 6.08. The molecule has 0 amide bonds. The summed E-state index contributed by atoms with van der Waals surface area (Å²) in [6, 6.07) is 58.9. The fourth-order valence-electron chi connectivity index (χ4n) is 7.15. The fourth-order valence-corrected chi connectivity index (χ4v) is 7.15. The van der Waals surface area contributed by atoms with Crippen LogP contribution in [-0.4, -0.2) is 24.9 Å². The van der Waals surface area contributed by atoms with Gasteiger partial charge in [-0.25, -0.2) is 19.9 Å². The summed E-state index contributed by atoms with van der Waals surface area (Å²) in [7, 11) is 0. The summed E-state index contributed by atoms with van der Waals surface area (Å²) < 4.78 is 0. The lowest BCUT2D eigenvalue weighted by atomic mass is 9.91. The molecule has 0 fully saturated rings. The summed E-state index contributed by atoms with van der Waals surface area (Å²) in [5.41, 5.74) is 10.3. The van der Waals surface area contributed by atoms with E-state index in [1.54, 1.807) is 0 Å². The molecular formula is C47H29N5. The number of hydrogen-bond donors (Lipinski definition) is 0. The van der Waals surface area contributed by atoms with Gasteiger partial charge in [-0.3, -0.25) is 4.98 Å². The van der Waals surface area contributed by atoms with E-state index in [4.69, 9.17) is 19.9 Å². The molecule has 0 aliphatic carbocycles. The Hall–Kier alpha value is -7.11. The minimum absolute atomic E-state index is 0.641. The third-order valence-corrected chi connectivity index (χ3v) is 9.74. The van der Waals surface area contributed by atoms with Crippen LogP contribution in [0, 0.1) is 0 Å². The molecule has 0 N–H and O–H groups in total. The van der Waals surface area contributed by atoms with Gasteiger partial charge in [0.05, 0.1) is 16.6 Å². The zero-order valence-corrected chi connectivity index (χ0v) is 28.0. The molecule has 10 rings (SSSR count). The molecule has 0 aliphatic heterocycles. The molecule has 3 heterocycles. The van der Waals surface area contributed by atoms with Crippen molar-refractivity contribution in [1.29, 1.82) is 0 Å². The van der Waals surface area contributed by atoms with Crippen LogP contribution >= 0.6 is 0 Å². The highest BCUT2D eigenvalue weighted by atomic mass is 15.0. The molecule has 10 aromatic rings. The average Bonchev–Trinajstić information content (AvgIpc) is 3.23. The van der Waals surface area contributed by atoms with Crippen LogP contribution in [0.1, 0.15) is 0 Å². The number of rotatable bonds is 5. The van der Waals surface area contributed by atoms with Gasteiger partial charge in [-0.15, -0.1) is 0 Å². The van der Waals surface area contributed by atoms with Gasteiger partial charge in [0.1, 0.15) is 0 Å². The van der Waals surface area contributed by atoms with Gasteiger partial charge in [-0.05, 0) is 57.3 Å². The molecule has 242 valence electrons. The van der Waals surface area contributed by atoms with Crippen molar-refractivity contribution >= 4 is 43.5 Å². The first-order valence-electron chi connectivity index (χ1n) is 17.3. The quantitative estimate of drug-likeness (QED) is 0.135. The van der Waals surface area contributed by atoms with Crippen molar-refractivity contribution in [3.8, 4) is 56.4 Å². The Bertz CT molecular complexity index is 2880. The second-order valence-corrected chi connectivity index (χ2v) is 12.9. The minimum atomic E-state index is 0.641. The Morgan fingerprint density at radius 2 is 0.846 bits per heavy atom. The van der Waals surface area contributed by atoms with Crippen molar-refractivity contribution in [2.45, 2.75) is 0 Å². The lowest BCUT2D eigenvalue weighted by molar-refractivity contribution is 1.07. The van der Waals surface area contributed by atoms with E-state index in [0.29, 0.717) is 17.5 Å². The standard InChI is InChI=1S/C47H29N5/c1-3-10-32(11-4-1)45-50-46(33-12-5-2-6-13-33)52-47(51-45)34-20-17-30(18-21-34)38-24-25-39(41-16-8-7-15-40(38)41)35-23-26-42-37(28-35)29-36-22-19-31-14-9-27-48-43(31)44(36)49-42/h1-29H. The van der Waals surface area contributed by atoms with E-state index in [1.807, 2.05) is 72.9 Å². The summed E-state index contributed by atoms with van der Waals surface area (Å²) in [4.78, 5) is 24.4. The summed E-state index contributed by atoms with van der Waals surface area (Å²) >= 11 is 0. The maximum atomic E-state index is 5.05. The number of hydrogen-bond acceptors (Lipinski definition) is 5. The molecule has 0 saturated carbocycles. The molecule has 0 aliphatic rings. The number of fused-ring (bicyclic) bond motifs is 5. The van der Waals surface area contributed by atoms with Crippen LogP contribution in [0.3, 0.4) is 0 Å². The van der Waals surface area contributed by atoms with Crippen molar-refractivity contribution in [2.75, 3.05) is 0 Å². The molecule has 52 heavy (non-hydrogen) atoms. The first-order valence-corrected chi connectivity index (χ1v) is 17.3. The van der Waals surface area contributed by atoms with E-state index in [9.17, 15) is 0 Å². The zero-order valence-electron chi connectivity index (χ0n) is 28.0. The molecule has 5 nitrogen and oxygen atoms in total. The van der Waals surface area contributed by atoms with Crippen LogP contribution in [0.5, 0.6) is 0 Å². The Labute approximate surface area is 300 Å². The third-order valence-electron chi connectivity index (χ3n) is 9.74. The SMILES string of the molecule is c1ccc(-c2nc(-c3ccccc3)nc(-c3ccc(-c4ccc(-c5ccc6nc7c(ccc8cccnc87)cc6c5)c5ccccc45)cc3)n2)cc1. The topological polar surface area (TPSA) is 64.5 Å². The van der Waals surface area contributed by atoms with Gasteiger partial charge in [-0.2, -0.15) is 0 Å². The summed E-state index contributed by atoms with van der Waals surface area (Å²) in [5.74, 6) is 1.94. The van der Waals surface area contributed by atoms with Crippen LogP contribution in [0.4, 0.5) is 0 Å². The lowest BCUT2D eigenvalue weighted by Gasteiger charge is -2.13. The predicted octanol–water partition coefficient (Wildman–Crippen LogP) is 11.6. The molecule has 0 saturated heterocycles. The Morgan fingerprint density at radius 3 is 1.50 bits per heavy atom. The van der Waals surface area contributed by atoms with Crippen LogP contribution < -0.4 is 0 Å². The Kier molecular flexibility index (Phi) is 7.07. The lowest BCUT2D eigenvalue weighted by Crippen LogP contribution is -2.00. The smallest absolute Gasteiger partial charge is 0.164 e. The van der Waals surface area contributed by atoms with Gasteiger partial charge < -0.3 is 0 Å². The van der Waals surface area contributed by atoms with E-state index in [1.165, 1.54) is 21.9 Å². The van der Waals surface area contributed by atoms with E-state index in [2.05, 4.69) is 108 Å². The summed E-state index contributed by atoms with van der Waals surface area (Å²) in [5, 5.41) is 5.68. The second-order valence-electron chi connectivity index (χ2n) is 12.9. The Balaban J connectivity index is 1.03. The van der Waals surface area contributed by atoms with Crippen molar-refractivity contribution < 1.29 is 0 Å². The van der Waals surface area contributed by atoms with Crippen LogP contribution in [-0.2, 0) is 0 Å². The van der Waals surface area contributed by atoms with E-state index in [-0.39, 0.29) is 0 Å². The highest BCUT2D eigenvalue weighted by Gasteiger charge is 2.15. The van der Waals surface area contributed by atoms with Crippen LogP contribution in [0.2, 0.25) is 0 Å². The fraction of sp³-hybridized carbons (Fsp3) is 0. The number of aromatic nitrogens is 5. The minimum Gasteiger partial charge on any atom is -0.254 e. The number of pyridine rings is 2. The van der Waals surface area contributed by atoms with E-state index < -0.39 is 0 Å². The van der Waals surface area contributed by atoms with Gasteiger partial charge >= 0.3 is 0 Å². The molecule has 3 aromatic heterocycles. The normalized spacial score (nSPS) is 11.5. The van der Waals surface area contributed by atoms with Crippen molar-refractivity contribution in [3.05, 3.63) is 176 Å². The van der Waals surface area contributed by atoms with Gasteiger partial charge in [0.2, 0.25) is 0 Å².